The lowest BCUT2D eigenvalue weighted by Gasteiger charge is -2.06. The van der Waals surface area contributed by atoms with E-state index in [-0.39, 0.29) is 29.2 Å². The van der Waals surface area contributed by atoms with E-state index in [1.54, 1.807) is 49.4 Å². The van der Waals surface area contributed by atoms with Crippen LogP contribution in [0.15, 0.2) is 59.5 Å². The van der Waals surface area contributed by atoms with Gasteiger partial charge in [-0.25, -0.2) is 13.2 Å². The summed E-state index contributed by atoms with van der Waals surface area (Å²) in [6.45, 7) is 2.02. The van der Waals surface area contributed by atoms with Gasteiger partial charge in [0.2, 0.25) is 16.2 Å². The SMILES string of the molecule is CCOC(=O)C[S+](C)c1ccc(O)cc1.O=S(=O)([O-])OCc1ccccc1. The van der Waals surface area contributed by atoms with Crippen molar-refractivity contribution in [2.75, 3.05) is 18.6 Å². The first kappa shape index (κ1) is 23.0. The zero-order valence-electron chi connectivity index (χ0n) is 15.0. The molecular weight excluding hydrogens is 392 g/mol. The number of ether oxygens (including phenoxy) is 1. The van der Waals surface area contributed by atoms with Gasteiger partial charge in [-0.1, -0.05) is 30.3 Å². The van der Waals surface area contributed by atoms with Crippen LogP contribution in [0.2, 0.25) is 0 Å². The Labute approximate surface area is 162 Å². The molecule has 0 aliphatic heterocycles. The predicted molar refractivity (Wildman–Crippen MR) is 102 cm³/mol. The maximum Gasteiger partial charge on any atom is 0.356 e. The lowest BCUT2D eigenvalue weighted by Crippen LogP contribution is -2.17. The molecular formula is C18H22O7S2. The Bertz CT molecular complexity index is 790. The van der Waals surface area contributed by atoms with Crippen molar-refractivity contribution in [3.8, 4) is 5.75 Å². The molecule has 148 valence electrons. The predicted octanol–water partition coefficient (Wildman–Crippen LogP) is 2.23. The molecule has 0 saturated heterocycles. The second-order valence-electron chi connectivity index (χ2n) is 5.24. The molecule has 0 spiro atoms. The normalized spacial score (nSPS) is 11.8. The van der Waals surface area contributed by atoms with Crippen molar-refractivity contribution in [1.82, 2.24) is 0 Å². The molecule has 0 aliphatic rings. The average Bonchev–Trinajstić information content (AvgIpc) is 2.61. The summed E-state index contributed by atoms with van der Waals surface area (Å²) in [4.78, 5) is 12.3. The van der Waals surface area contributed by atoms with Crippen LogP contribution in [0.3, 0.4) is 0 Å². The molecule has 1 atom stereocenters. The monoisotopic (exact) mass is 414 g/mol. The minimum Gasteiger partial charge on any atom is -0.726 e. The summed E-state index contributed by atoms with van der Waals surface area (Å²) in [7, 11) is -4.73. The van der Waals surface area contributed by atoms with Crippen molar-refractivity contribution >= 4 is 27.3 Å². The quantitative estimate of drug-likeness (QED) is 0.320. The second-order valence-corrected chi connectivity index (χ2v) is 8.32. The second kappa shape index (κ2) is 11.6. The van der Waals surface area contributed by atoms with Crippen LogP contribution in [0.5, 0.6) is 5.75 Å². The Morgan fingerprint density at radius 3 is 2.22 bits per heavy atom. The minimum absolute atomic E-state index is 0.159. The van der Waals surface area contributed by atoms with Crippen molar-refractivity contribution < 1.29 is 31.8 Å². The van der Waals surface area contributed by atoms with Crippen LogP contribution in [-0.4, -0.2) is 42.7 Å². The van der Waals surface area contributed by atoms with Crippen molar-refractivity contribution in [1.29, 1.82) is 0 Å². The molecule has 7 nitrogen and oxygen atoms in total. The van der Waals surface area contributed by atoms with Crippen LogP contribution in [0.25, 0.3) is 0 Å². The first-order chi connectivity index (χ1) is 12.7. The first-order valence-corrected chi connectivity index (χ1v) is 11.1. The highest BCUT2D eigenvalue weighted by Gasteiger charge is 2.20. The molecule has 0 fully saturated rings. The molecule has 2 aromatic rings. The van der Waals surface area contributed by atoms with Crippen molar-refractivity contribution in [2.24, 2.45) is 0 Å². The molecule has 0 aliphatic carbocycles. The Morgan fingerprint density at radius 2 is 1.70 bits per heavy atom. The van der Waals surface area contributed by atoms with Gasteiger partial charge in [0.25, 0.3) is 0 Å². The standard InChI is InChI=1S/C11H14O3S.C7H8O4S/c1-3-14-11(13)8-15(2)10-6-4-9(12)5-7-10;8-12(9,10)11-6-7-4-2-1-3-5-7/h4-7H,3,8H2,1-2H3;1-5H,6H2,(H,8,9,10). The number of rotatable bonds is 7. The largest absolute Gasteiger partial charge is 0.726 e. The molecule has 0 aromatic heterocycles. The molecule has 9 heteroatoms. The maximum atomic E-state index is 11.2. The zero-order valence-corrected chi connectivity index (χ0v) is 16.7. The zero-order chi connectivity index (χ0) is 20.3. The Hall–Kier alpha value is -2.07. The molecule has 0 radical (unpaired) electrons. The first-order valence-electron chi connectivity index (χ1n) is 7.92. The highest BCUT2D eigenvalue weighted by Crippen LogP contribution is 2.16. The summed E-state index contributed by atoms with van der Waals surface area (Å²) in [5.74, 6) is 0.474. The van der Waals surface area contributed by atoms with Gasteiger partial charge in [0.1, 0.15) is 12.0 Å². The Kier molecular flexibility index (Phi) is 9.87. The van der Waals surface area contributed by atoms with Crippen molar-refractivity contribution in [2.45, 2.75) is 18.4 Å². The number of carbonyl (C=O) groups excluding carboxylic acids is 1. The molecule has 27 heavy (non-hydrogen) atoms. The van der Waals surface area contributed by atoms with E-state index in [1.807, 2.05) is 18.4 Å². The van der Waals surface area contributed by atoms with E-state index in [1.165, 1.54) is 0 Å². The molecule has 0 heterocycles. The summed E-state index contributed by atoms with van der Waals surface area (Å²) >= 11 is 0. The van der Waals surface area contributed by atoms with Gasteiger partial charge in [-0.2, -0.15) is 0 Å². The fourth-order valence-corrected chi connectivity index (χ4v) is 3.34. The van der Waals surface area contributed by atoms with Gasteiger partial charge < -0.3 is 14.4 Å². The topological polar surface area (TPSA) is 113 Å². The van der Waals surface area contributed by atoms with Crippen LogP contribution >= 0.6 is 0 Å². The highest BCUT2D eigenvalue weighted by molar-refractivity contribution is 7.96. The van der Waals surface area contributed by atoms with Gasteiger partial charge in [-0.3, -0.25) is 4.18 Å². The maximum absolute atomic E-state index is 11.2. The molecule has 1 unspecified atom stereocenters. The number of phenols is 1. The van der Waals surface area contributed by atoms with E-state index < -0.39 is 10.4 Å². The number of phenolic OH excluding ortho intramolecular Hbond substituents is 1. The van der Waals surface area contributed by atoms with Gasteiger partial charge in [0.15, 0.2) is 4.90 Å². The molecule has 0 bridgehead atoms. The van der Waals surface area contributed by atoms with Gasteiger partial charge in [0.05, 0.1) is 13.2 Å². The van der Waals surface area contributed by atoms with Crippen LogP contribution in [-0.2, 0) is 41.6 Å². The van der Waals surface area contributed by atoms with E-state index in [9.17, 15) is 17.8 Å². The van der Waals surface area contributed by atoms with Crippen LogP contribution in [0.1, 0.15) is 12.5 Å². The minimum atomic E-state index is -4.57. The smallest absolute Gasteiger partial charge is 0.356 e. The van der Waals surface area contributed by atoms with Gasteiger partial charge >= 0.3 is 5.97 Å². The van der Waals surface area contributed by atoms with Crippen LogP contribution in [0, 0.1) is 0 Å². The molecule has 2 aromatic carbocycles. The van der Waals surface area contributed by atoms with E-state index in [0.29, 0.717) is 17.9 Å². The Morgan fingerprint density at radius 1 is 1.11 bits per heavy atom. The van der Waals surface area contributed by atoms with Gasteiger partial charge in [-0.05, 0) is 36.8 Å². The Balaban J connectivity index is 0.000000277. The van der Waals surface area contributed by atoms with Crippen molar-refractivity contribution in [3.05, 3.63) is 60.2 Å². The molecule has 0 amide bonds. The van der Waals surface area contributed by atoms with Crippen LogP contribution in [0.4, 0.5) is 0 Å². The molecule has 2 rings (SSSR count). The third-order valence-corrected chi connectivity index (χ3v) is 5.24. The average molecular weight is 415 g/mol. The van der Waals surface area contributed by atoms with Crippen molar-refractivity contribution in [3.63, 3.8) is 0 Å². The molecule has 0 saturated carbocycles. The number of hydrogen-bond donors (Lipinski definition) is 1. The van der Waals surface area contributed by atoms with E-state index >= 15 is 0 Å². The third-order valence-electron chi connectivity index (χ3n) is 3.09. The summed E-state index contributed by atoms with van der Waals surface area (Å²) in [6.07, 6.45) is 1.99. The number of benzene rings is 2. The highest BCUT2D eigenvalue weighted by atomic mass is 32.3. The number of carbonyl (C=O) groups is 1. The summed E-state index contributed by atoms with van der Waals surface area (Å²) in [5, 5.41) is 9.12. The third kappa shape index (κ3) is 10.6. The lowest BCUT2D eigenvalue weighted by atomic mass is 10.2. The van der Waals surface area contributed by atoms with E-state index in [2.05, 4.69) is 4.18 Å². The fourth-order valence-electron chi connectivity index (χ4n) is 1.86. The number of esters is 1. The fraction of sp³-hybridized carbons (Fsp3) is 0.278. The van der Waals surface area contributed by atoms with E-state index in [4.69, 9.17) is 9.84 Å². The molecule has 1 N–H and O–H groups in total. The summed E-state index contributed by atoms with van der Waals surface area (Å²) in [5.41, 5.74) is 0.650. The van der Waals surface area contributed by atoms with Crippen LogP contribution < -0.4 is 0 Å². The number of hydrogen-bond acceptors (Lipinski definition) is 7. The number of aromatic hydroxyl groups is 1. The summed E-state index contributed by atoms with van der Waals surface area (Å²) in [6, 6.07) is 15.5. The van der Waals surface area contributed by atoms with Gasteiger partial charge in [0, 0.05) is 10.9 Å². The van der Waals surface area contributed by atoms with E-state index in [0.717, 1.165) is 4.90 Å². The summed E-state index contributed by atoms with van der Waals surface area (Å²) < 4.78 is 39.0. The van der Waals surface area contributed by atoms with Gasteiger partial charge in [-0.15, -0.1) is 0 Å². The lowest BCUT2D eigenvalue weighted by molar-refractivity contribution is -0.139.